The number of rotatable bonds is 5. The van der Waals surface area contributed by atoms with Crippen molar-refractivity contribution >= 4 is 11.9 Å². The highest BCUT2D eigenvalue weighted by atomic mass is 16.5. The van der Waals surface area contributed by atoms with Crippen LogP contribution in [0, 0.1) is 11.3 Å². The first-order valence-electron chi connectivity index (χ1n) is 5.64. The Bertz CT molecular complexity index is 504. The monoisotopic (exact) mass is 262 g/mol. The Hall–Kier alpha value is -2.55. The predicted molar refractivity (Wildman–Crippen MR) is 66.5 cm³/mol. The van der Waals surface area contributed by atoms with Crippen LogP contribution in [0.1, 0.15) is 19.4 Å². The van der Waals surface area contributed by atoms with Crippen LogP contribution in [-0.4, -0.2) is 29.1 Å². The van der Waals surface area contributed by atoms with Crippen LogP contribution >= 0.6 is 0 Å². The molecule has 6 nitrogen and oxygen atoms in total. The summed E-state index contributed by atoms with van der Waals surface area (Å²) in [5.74, 6) is -1.19. The van der Waals surface area contributed by atoms with Crippen LogP contribution in [0.2, 0.25) is 0 Å². The number of hydrogen-bond acceptors (Lipinski definition) is 4. The lowest BCUT2D eigenvalue weighted by Gasteiger charge is -2.16. The molecule has 0 aliphatic carbocycles. The van der Waals surface area contributed by atoms with Crippen molar-refractivity contribution < 1.29 is 19.4 Å². The van der Waals surface area contributed by atoms with E-state index in [1.165, 1.54) is 13.8 Å². The van der Waals surface area contributed by atoms with Crippen LogP contribution in [0.5, 0.6) is 5.75 Å². The summed E-state index contributed by atoms with van der Waals surface area (Å²) in [6.07, 6.45) is -0.824. The van der Waals surface area contributed by atoms with Crippen molar-refractivity contribution in [3.8, 4) is 11.8 Å². The van der Waals surface area contributed by atoms with E-state index >= 15 is 0 Å². The predicted octanol–water partition coefficient (Wildman–Crippen LogP) is 0.915. The van der Waals surface area contributed by atoms with Gasteiger partial charge in [-0.05, 0) is 38.1 Å². The van der Waals surface area contributed by atoms with Crippen molar-refractivity contribution in [3.63, 3.8) is 0 Å². The van der Waals surface area contributed by atoms with Gasteiger partial charge in [-0.25, -0.2) is 0 Å². The van der Waals surface area contributed by atoms with Crippen molar-refractivity contribution in [1.29, 1.82) is 5.26 Å². The zero-order valence-electron chi connectivity index (χ0n) is 10.6. The fourth-order valence-electron chi connectivity index (χ4n) is 1.26. The van der Waals surface area contributed by atoms with Crippen LogP contribution in [0.15, 0.2) is 24.3 Å². The molecule has 2 unspecified atom stereocenters. The van der Waals surface area contributed by atoms with Crippen molar-refractivity contribution in [2.45, 2.75) is 26.0 Å². The maximum atomic E-state index is 11.6. The highest BCUT2D eigenvalue weighted by molar-refractivity contribution is 5.86. The quantitative estimate of drug-likeness (QED) is 0.821. The summed E-state index contributed by atoms with van der Waals surface area (Å²) < 4.78 is 5.34. The van der Waals surface area contributed by atoms with Gasteiger partial charge in [0.2, 0.25) is 0 Å². The Morgan fingerprint density at radius 2 is 1.89 bits per heavy atom. The van der Waals surface area contributed by atoms with Gasteiger partial charge < -0.3 is 15.2 Å². The molecule has 1 rings (SSSR count). The standard InChI is InChI=1S/C13H14N2O4/c1-8(13(17)18)15-12(16)9(2)19-11-5-3-10(7-14)4-6-11/h3-6,8-9H,1-2H3,(H,15,16)(H,17,18). The molecule has 0 aliphatic heterocycles. The molecule has 0 aromatic heterocycles. The molecule has 100 valence electrons. The lowest BCUT2D eigenvalue weighted by molar-refractivity contribution is -0.142. The molecule has 6 heteroatoms. The molecule has 0 heterocycles. The smallest absolute Gasteiger partial charge is 0.325 e. The van der Waals surface area contributed by atoms with E-state index in [1.807, 2.05) is 6.07 Å². The van der Waals surface area contributed by atoms with E-state index in [1.54, 1.807) is 24.3 Å². The molecule has 19 heavy (non-hydrogen) atoms. The lowest BCUT2D eigenvalue weighted by atomic mass is 10.2. The minimum Gasteiger partial charge on any atom is -0.481 e. The molecule has 2 atom stereocenters. The van der Waals surface area contributed by atoms with Crippen molar-refractivity contribution in [1.82, 2.24) is 5.32 Å². The number of nitrogens with one attached hydrogen (secondary N) is 1. The average Bonchev–Trinajstić information content (AvgIpc) is 2.39. The highest BCUT2D eigenvalue weighted by Crippen LogP contribution is 2.13. The number of nitrogens with zero attached hydrogens (tertiary/aromatic N) is 1. The molecule has 1 amide bonds. The normalized spacial score (nSPS) is 12.9. The van der Waals surface area contributed by atoms with E-state index in [-0.39, 0.29) is 0 Å². The third-order valence-corrected chi connectivity index (χ3v) is 2.39. The van der Waals surface area contributed by atoms with E-state index in [0.29, 0.717) is 11.3 Å². The van der Waals surface area contributed by atoms with Crippen molar-refractivity contribution in [2.75, 3.05) is 0 Å². The zero-order chi connectivity index (χ0) is 14.4. The van der Waals surface area contributed by atoms with Gasteiger partial charge in [0.25, 0.3) is 5.91 Å². The van der Waals surface area contributed by atoms with Gasteiger partial charge in [-0.2, -0.15) is 5.26 Å². The Morgan fingerprint density at radius 1 is 1.32 bits per heavy atom. The molecule has 0 fully saturated rings. The first-order chi connectivity index (χ1) is 8.93. The highest BCUT2D eigenvalue weighted by Gasteiger charge is 2.20. The molecule has 0 saturated carbocycles. The second-order valence-corrected chi connectivity index (χ2v) is 3.96. The van der Waals surface area contributed by atoms with Gasteiger partial charge in [-0.3, -0.25) is 9.59 Å². The number of amides is 1. The number of nitriles is 1. The summed E-state index contributed by atoms with van der Waals surface area (Å²) in [4.78, 5) is 22.2. The van der Waals surface area contributed by atoms with Gasteiger partial charge in [0.1, 0.15) is 11.8 Å². The maximum Gasteiger partial charge on any atom is 0.325 e. The van der Waals surface area contributed by atoms with Crippen LogP contribution < -0.4 is 10.1 Å². The molecule has 0 saturated heterocycles. The first-order valence-corrected chi connectivity index (χ1v) is 5.64. The van der Waals surface area contributed by atoms with Crippen LogP contribution in [0.4, 0.5) is 0 Å². The van der Waals surface area contributed by atoms with Crippen LogP contribution in [0.3, 0.4) is 0 Å². The molecular weight excluding hydrogens is 248 g/mol. The number of aliphatic carboxylic acids is 1. The number of ether oxygens (including phenoxy) is 1. The molecule has 1 aromatic rings. The minimum atomic E-state index is -1.11. The number of carbonyl (C=O) groups is 2. The molecule has 1 aromatic carbocycles. The fourth-order valence-corrected chi connectivity index (χ4v) is 1.26. The summed E-state index contributed by atoms with van der Waals surface area (Å²) in [6, 6.07) is 7.28. The molecule has 0 aliphatic rings. The molecule has 0 bridgehead atoms. The van der Waals surface area contributed by atoms with E-state index in [2.05, 4.69) is 5.32 Å². The molecular formula is C13H14N2O4. The lowest BCUT2D eigenvalue weighted by Crippen LogP contribution is -2.44. The summed E-state index contributed by atoms with van der Waals surface area (Å²) in [6.45, 7) is 2.89. The number of carbonyl (C=O) groups excluding carboxylic acids is 1. The van der Waals surface area contributed by atoms with Gasteiger partial charge in [0.15, 0.2) is 6.10 Å². The third kappa shape index (κ3) is 4.32. The van der Waals surface area contributed by atoms with Gasteiger partial charge in [-0.1, -0.05) is 0 Å². The SMILES string of the molecule is CC(NC(=O)C(C)Oc1ccc(C#N)cc1)C(=O)O. The van der Waals surface area contributed by atoms with Crippen molar-refractivity contribution in [2.24, 2.45) is 0 Å². The van der Waals surface area contributed by atoms with E-state index < -0.39 is 24.0 Å². The minimum absolute atomic E-state index is 0.435. The van der Waals surface area contributed by atoms with E-state index in [0.717, 1.165) is 0 Å². The van der Waals surface area contributed by atoms with Crippen LogP contribution in [-0.2, 0) is 9.59 Å². The maximum absolute atomic E-state index is 11.6. The largest absolute Gasteiger partial charge is 0.481 e. The Morgan fingerprint density at radius 3 is 2.37 bits per heavy atom. The Balaban J connectivity index is 2.58. The van der Waals surface area contributed by atoms with Gasteiger partial charge in [0.05, 0.1) is 11.6 Å². The Kier molecular flexibility index (Phi) is 4.89. The van der Waals surface area contributed by atoms with E-state index in [4.69, 9.17) is 15.1 Å². The molecule has 0 radical (unpaired) electrons. The molecule has 2 N–H and O–H groups in total. The number of carboxylic acids is 1. The topological polar surface area (TPSA) is 99.4 Å². The Labute approximate surface area is 110 Å². The number of hydrogen-bond donors (Lipinski definition) is 2. The van der Waals surface area contributed by atoms with Gasteiger partial charge >= 0.3 is 5.97 Å². The van der Waals surface area contributed by atoms with Crippen molar-refractivity contribution in [3.05, 3.63) is 29.8 Å². The summed E-state index contributed by atoms with van der Waals surface area (Å²) in [7, 11) is 0. The second-order valence-electron chi connectivity index (χ2n) is 3.96. The summed E-state index contributed by atoms with van der Waals surface area (Å²) in [5.41, 5.74) is 0.490. The average molecular weight is 262 g/mol. The third-order valence-electron chi connectivity index (χ3n) is 2.39. The second kappa shape index (κ2) is 6.40. The number of carboxylic acid groups (broad SMARTS) is 1. The van der Waals surface area contributed by atoms with Gasteiger partial charge in [-0.15, -0.1) is 0 Å². The van der Waals surface area contributed by atoms with Crippen LogP contribution in [0.25, 0.3) is 0 Å². The number of benzene rings is 1. The summed E-state index contributed by atoms with van der Waals surface area (Å²) >= 11 is 0. The summed E-state index contributed by atoms with van der Waals surface area (Å²) in [5, 5.41) is 19.6. The zero-order valence-corrected chi connectivity index (χ0v) is 10.6. The fraction of sp³-hybridized carbons (Fsp3) is 0.308. The first kappa shape index (κ1) is 14.5. The van der Waals surface area contributed by atoms with Gasteiger partial charge in [0, 0.05) is 0 Å². The van der Waals surface area contributed by atoms with E-state index in [9.17, 15) is 9.59 Å². The molecule has 0 spiro atoms.